The average molecular weight is 540 g/mol. The summed E-state index contributed by atoms with van der Waals surface area (Å²) >= 11 is 1.29. The number of hydrogen-bond donors (Lipinski definition) is 2. The average Bonchev–Trinajstić information content (AvgIpc) is 3.37. The number of sulfonamides is 1. The number of amides is 2. The van der Waals surface area contributed by atoms with E-state index in [0.717, 1.165) is 4.31 Å². The lowest BCUT2D eigenvalue weighted by Crippen LogP contribution is -2.56. The quantitative estimate of drug-likeness (QED) is 0.503. The van der Waals surface area contributed by atoms with E-state index in [1.165, 1.54) is 45.9 Å². The lowest BCUT2D eigenvalue weighted by molar-refractivity contribution is -0.142. The maximum atomic E-state index is 13.3. The van der Waals surface area contributed by atoms with Gasteiger partial charge in [0.05, 0.1) is 12.1 Å². The Morgan fingerprint density at radius 3 is 2.44 bits per heavy atom. The Bertz CT molecular complexity index is 1240. The molecule has 2 N–H and O–H groups in total. The highest BCUT2D eigenvalue weighted by Gasteiger charge is 2.51. The number of rotatable bonds is 8. The van der Waals surface area contributed by atoms with Crippen LogP contribution >= 0.6 is 11.8 Å². The molecule has 196 valence electrons. The van der Waals surface area contributed by atoms with E-state index in [2.05, 4.69) is 10.4 Å². The van der Waals surface area contributed by atoms with E-state index in [9.17, 15) is 27.9 Å². The second-order valence-electron chi connectivity index (χ2n) is 9.03. The van der Waals surface area contributed by atoms with Crippen LogP contribution in [0.5, 0.6) is 5.75 Å². The zero-order chi connectivity index (χ0) is 26.8. The van der Waals surface area contributed by atoms with Crippen molar-refractivity contribution in [1.82, 2.24) is 24.3 Å². The molecule has 12 nitrogen and oxygen atoms in total. The third kappa shape index (κ3) is 5.99. The van der Waals surface area contributed by atoms with Gasteiger partial charge in [0.1, 0.15) is 22.7 Å². The number of carbonyl (C=O) groups is 3. The molecule has 1 aromatic carbocycles. The first-order valence-corrected chi connectivity index (χ1v) is 13.3. The number of aromatic nitrogens is 2. The van der Waals surface area contributed by atoms with Crippen molar-refractivity contribution in [3.63, 3.8) is 0 Å². The predicted octanol–water partition coefficient (Wildman–Crippen LogP) is 1.13. The number of nitrogens with one attached hydrogen (secondary N) is 1. The van der Waals surface area contributed by atoms with Crippen molar-refractivity contribution in [2.75, 3.05) is 20.0 Å². The van der Waals surface area contributed by atoms with Crippen LogP contribution in [-0.2, 0) is 33.1 Å². The maximum absolute atomic E-state index is 13.3. The van der Waals surface area contributed by atoms with Crippen molar-refractivity contribution < 1.29 is 32.6 Å². The molecule has 1 fully saturated rings. The number of aliphatic carboxylic acids is 1. The molecule has 2 atom stereocenters. The van der Waals surface area contributed by atoms with E-state index in [1.807, 2.05) is 0 Å². The fourth-order valence-corrected chi connectivity index (χ4v) is 6.78. The van der Waals surface area contributed by atoms with Crippen molar-refractivity contribution in [1.29, 1.82) is 0 Å². The molecule has 2 heterocycles. The summed E-state index contributed by atoms with van der Waals surface area (Å²) in [6.07, 6.45) is 1.94. The number of benzene rings is 1. The summed E-state index contributed by atoms with van der Waals surface area (Å²) in [5.41, 5.74) is 0.576. The molecule has 36 heavy (non-hydrogen) atoms. The summed E-state index contributed by atoms with van der Waals surface area (Å²) in [4.78, 5) is 38.2. The van der Waals surface area contributed by atoms with Crippen molar-refractivity contribution in [2.45, 2.75) is 42.0 Å². The number of aryl methyl sites for hydroxylation is 1. The largest absolute Gasteiger partial charge is 0.480 e. The van der Waals surface area contributed by atoms with Gasteiger partial charge in [0.15, 0.2) is 0 Å². The Hall–Kier alpha value is -3.10. The molecule has 2 aromatic rings. The van der Waals surface area contributed by atoms with E-state index in [-0.39, 0.29) is 22.9 Å². The zero-order valence-electron chi connectivity index (χ0n) is 20.5. The normalized spacial score (nSPS) is 18.4. The van der Waals surface area contributed by atoms with Gasteiger partial charge in [-0.3, -0.25) is 9.48 Å². The smallest absolute Gasteiger partial charge is 0.414 e. The third-order valence-electron chi connectivity index (χ3n) is 5.59. The molecular formula is C22H29N5O7S2. The predicted molar refractivity (Wildman–Crippen MR) is 132 cm³/mol. The van der Waals surface area contributed by atoms with Crippen LogP contribution in [0.4, 0.5) is 4.79 Å². The summed E-state index contributed by atoms with van der Waals surface area (Å²) < 4.78 is 33.2. The molecule has 14 heteroatoms. The van der Waals surface area contributed by atoms with E-state index < -0.39 is 44.8 Å². The minimum atomic E-state index is -4.04. The second-order valence-corrected chi connectivity index (χ2v) is 12.5. The summed E-state index contributed by atoms with van der Waals surface area (Å²) in [5.74, 6) is -1.65. The lowest BCUT2D eigenvalue weighted by atomic mass is 10.0. The van der Waals surface area contributed by atoms with Crippen LogP contribution in [-0.4, -0.2) is 87.3 Å². The fourth-order valence-electron chi connectivity index (χ4n) is 3.62. The van der Waals surface area contributed by atoms with Gasteiger partial charge in [-0.15, -0.1) is 11.8 Å². The van der Waals surface area contributed by atoms with Crippen LogP contribution in [0.25, 0.3) is 0 Å². The van der Waals surface area contributed by atoms with Gasteiger partial charge in [0, 0.05) is 38.5 Å². The SMILES string of the molecule is CN(C)C(=O)Oc1ccc(C[C@H](NC(=O)[C@H]2N(S(=O)(=O)c3cnn(C)c3)CSC2(C)C)C(=O)O)cc1. The van der Waals surface area contributed by atoms with Gasteiger partial charge < -0.3 is 20.1 Å². The van der Waals surface area contributed by atoms with Gasteiger partial charge in [0.25, 0.3) is 0 Å². The molecule has 0 radical (unpaired) electrons. The van der Waals surface area contributed by atoms with E-state index in [4.69, 9.17) is 4.74 Å². The van der Waals surface area contributed by atoms with Gasteiger partial charge in [-0.05, 0) is 31.5 Å². The highest BCUT2D eigenvalue weighted by atomic mass is 32.2. The Kier molecular flexibility index (Phi) is 8.00. The standard InChI is InChI=1S/C22H29N5O7S2/c1-22(2)18(27(13-35-22)36(32,33)16-11-23-26(5)12-16)19(28)24-17(20(29)30)10-14-6-8-15(9-7-14)34-21(31)25(3)4/h6-9,11-12,17-18H,10,13H2,1-5H3,(H,24,28)(H,29,30)/t17-,18+/m0/s1. The third-order valence-corrected chi connectivity index (χ3v) is 8.90. The van der Waals surface area contributed by atoms with Gasteiger partial charge in [-0.2, -0.15) is 9.40 Å². The molecule has 0 unspecified atom stereocenters. The van der Waals surface area contributed by atoms with E-state index in [0.29, 0.717) is 5.56 Å². The van der Waals surface area contributed by atoms with Gasteiger partial charge in [-0.1, -0.05) is 12.1 Å². The Morgan fingerprint density at radius 2 is 1.92 bits per heavy atom. The maximum Gasteiger partial charge on any atom is 0.414 e. The number of carboxylic acids is 1. The molecule has 1 aliphatic heterocycles. The molecule has 0 aliphatic carbocycles. The molecule has 0 spiro atoms. The highest BCUT2D eigenvalue weighted by molar-refractivity contribution is 8.02. The van der Waals surface area contributed by atoms with Crippen molar-refractivity contribution in [2.24, 2.45) is 7.05 Å². The zero-order valence-corrected chi connectivity index (χ0v) is 22.2. The molecular weight excluding hydrogens is 510 g/mol. The van der Waals surface area contributed by atoms with Crippen LogP contribution < -0.4 is 10.1 Å². The van der Waals surface area contributed by atoms with E-state index in [1.54, 1.807) is 47.1 Å². The van der Waals surface area contributed by atoms with Crippen molar-refractivity contribution in [3.8, 4) is 5.75 Å². The molecule has 1 aromatic heterocycles. The van der Waals surface area contributed by atoms with Crippen LogP contribution in [0.1, 0.15) is 19.4 Å². The Balaban J connectivity index is 1.77. The van der Waals surface area contributed by atoms with Crippen LogP contribution in [0.3, 0.4) is 0 Å². The monoisotopic (exact) mass is 539 g/mol. The molecule has 0 saturated carbocycles. The molecule has 0 bridgehead atoms. The Labute approximate surface area is 213 Å². The number of thioether (sulfide) groups is 1. The first-order valence-electron chi connectivity index (χ1n) is 10.9. The summed E-state index contributed by atoms with van der Waals surface area (Å²) in [7, 11) is 0.634. The van der Waals surface area contributed by atoms with Crippen LogP contribution in [0.2, 0.25) is 0 Å². The van der Waals surface area contributed by atoms with Crippen molar-refractivity contribution >= 4 is 39.8 Å². The number of ether oxygens (including phenoxy) is 1. The Morgan fingerprint density at radius 1 is 1.28 bits per heavy atom. The minimum Gasteiger partial charge on any atom is -0.480 e. The minimum absolute atomic E-state index is 0.0349. The molecule has 1 aliphatic rings. The number of nitrogens with zero attached hydrogens (tertiary/aromatic N) is 4. The second kappa shape index (κ2) is 10.5. The van der Waals surface area contributed by atoms with E-state index >= 15 is 0 Å². The molecule has 1 saturated heterocycles. The first kappa shape index (κ1) is 27.5. The van der Waals surface area contributed by atoms with Crippen molar-refractivity contribution in [3.05, 3.63) is 42.2 Å². The van der Waals surface area contributed by atoms with Gasteiger partial charge in [0.2, 0.25) is 15.9 Å². The van der Waals surface area contributed by atoms with Gasteiger partial charge in [-0.25, -0.2) is 18.0 Å². The van der Waals surface area contributed by atoms with Crippen LogP contribution in [0, 0.1) is 0 Å². The molecule has 3 rings (SSSR count). The summed E-state index contributed by atoms with van der Waals surface area (Å²) in [6.45, 7) is 3.48. The topological polar surface area (TPSA) is 151 Å². The van der Waals surface area contributed by atoms with Crippen LogP contribution in [0.15, 0.2) is 41.6 Å². The highest BCUT2D eigenvalue weighted by Crippen LogP contribution is 2.42. The molecule has 2 amide bonds. The summed E-state index contributed by atoms with van der Waals surface area (Å²) in [5, 5.41) is 16.2. The number of carboxylic acid groups (broad SMARTS) is 1. The fraction of sp³-hybridized carbons (Fsp3) is 0.455. The number of hydrogen-bond acceptors (Lipinski definition) is 8. The lowest BCUT2D eigenvalue weighted by Gasteiger charge is -2.30. The number of carbonyl (C=O) groups excluding carboxylic acids is 2. The first-order chi connectivity index (χ1) is 16.7. The summed E-state index contributed by atoms with van der Waals surface area (Å²) in [6, 6.07) is 3.79. The van der Waals surface area contributed by atoms with Gasteiger partial charge >= 0.3 is 12.1 Å².